The Bertz CT molecular complexity index is 518. The summed E-state index contributed by atoms with van der Waals surface area (Å²) in [5.41, 5.74) is 1.75. The highest BCUT2D eigenvalue weighted by Gasteiger charge is 2.03. The minimum atomic E-state index is 0.0693. The first kappa shape index (κ1) is 8.68. The summed E-state index contributed by atoms with van der Waals surface area (Å²) in [6, 6.07) is 1.74. The lowest BCUT2D eigenvalue weighted by molar-refractivity contribution is 1.20. The highest BCUT2D eigenvalue weighted by atomic mass is 127. The smallest absolute Gasteiger partial charge is 0.202 e. The zero-order valence-corrected chi connectivity index (χ0v) is 9.12. The molecule has 0 radical (unpaired) electrons. The predicted octanol–water partition coefficient (Wildman–Crippen LogP) is 1.84. The monoisotopic (exact) mass is 286 g/mol. The fraction of sp³-hybridized carbons (Fsp3) is 0.111. The van der Waals surface area contributed by atoms with E-state index in [0.29, 0.717) is 8.96 Å². The van der Waals surface area contributed by atoms with Gasteiger partial charge in [-0.3, -0.25) is 9.78 Å². The van der Waals surface area contributed by atoms with Crippen LogP contribution in [0.4, 0.5) is 0 Å². The SMILES string of the molecule is Cc1nccc2c(=O)c(I)c[nH]c12. The summed E-state index contributed by atoms with van der Waals surface area (Å²) in [5.74, 6) is 0. The summed E-state index contributed by atoms with van der Waals surface area (Å²) >= 11 is 2.02. The molecule has 0 aliphatic carbocycles. The van der Waals surface area contributed by atoms with Gasteiger partial charge in [0.05, 0.1) is 14.8 Å². The molecule has 13 heavy (non-hydrogen) atoms. The fourth-order valence-corrected chi connectivity index (χ4v) is 1.71. The average Bonchev–Trinajstić information content (AvgIpc) is 2.12. The number of halogens is 1. The molecule has 1 N–H and O–H groups in total. The van der Waals surface area contributed by atoms with Crippen LogP contribution in [-0.2, 0) is 0 Å². The molecule has 0 aliphatic heterocycles. The highest BCUT2D eigenvalue weighted by Crippen LogP contribution is 2.10. The first-order valence-electron chi connectivity index (χ1n) is 3.82. The van der Waals surface area contributed by atoms with Crippen LogP contribution in [0.15, 0.2) is 23.3 Å². The highest BCUT2D eigenvalue weighted by molar-refractivity contribution is 14.1. The van der Waals surface area contributed by atoms with E-state index in [2.05, 4.69) is 9.97 Å². The molecule has 4 heteroatoms. The van der Waals surface area contributed by atoms with Crippen molar-refractivity contribution in [2.24, 2.45) is 0 Å². The number of fused-ring (bicyclic) bond motifs is 1. The van der Waals surface area contributed by atoms with Crippen LogP contribution in [0.25, 0.3) is 10.9 Å². The Balaban J connectivity index is 3.03. The van der Waals surface area contributed by atoms with Gasteiger partial charge in [0, 0.05) is 17.8 Å². The minimum Gasteiger partial charge on any atom is -0.358 e. The second-order valence-electron chi connectivity index (χ2n) is 2.78. The standard InChI is InChI=1S/C9H7IN2O/c1-5-8-6(2-3-11-5)9(13)7(10)4-12-8/h2-4H,1H3,(H,12,13). The molecule has 0 aromatic carbocycles. The van der Waals surface area contributed by atoms with Crippen molar-refractivity contribution >= 4 is 33.5 Å². The summed E-state index contributed by atoms with van der Waals surface area (Å²) in [4.78, 5) is 18.8. The zero-order chi connectivity index (χ0) is 9.42. The molecular weight excluding hydrogens is 279 g/mol. The Kier molecular flexibility index (Phi) is 2.07. The van der Waals surface area contributed by atoms with E-state index in [-0.39, 0.29) is 5.43 Å². The van der Waals surface area contributed by atoms with Crippen molar-refractivity contribution in [1.82, 2.24) is 9.97 Å². The van der Waals surface area contributed by atoms with Gasteiger partial charge in [0.15, 0.2) is 0 Å². The number of aryl methyl sites for hydroxylation is 1. The normalized spacial score (nSPS) is 10.6. The molecule has 2 heterocycles. The van der Waals surface area contributed by atoms with Gasteiger partial charge in [-0.05, 0) is 35.6 Å². The van der Waals surface area contributed by atoms with Gasteiger partial charge in [-0.1, -0.05) is 0 Å². The lowest BCUT2D eigenvalue weighted by Gasteiger charge is -2.00. The van der Waals surface area contributed by atoms with Crippen LogP contribution in [0.2, 0.25) is 0 Å². The minimum absolute atomic E-state index is 0.0693. The van der Waals surface area contributed by atoms with Crippen molar-refractivity contribution in [3.8, 4) is 0 Å². The molecule has 2 rings (SSSR count). The van der Waals surface area contributed by atoms with E-state index < -0.39 is 0 Å². The predicted molar refractivity (Wildman–Crippen MR) is 59.8 cm³/mol. The van der Waals surface area contributed by atoms with Gasteiger partial charge in [0.2, 0.25) is 5.43 Å². The second kappa shape index (κ2) is 3.10. The van der Waals surface area contributed by atoms with E-state index >= 15 is 0 Å². The van der Waals surface area contributed by atoms with Crippen LogP contribution in [0, 0.1) is 10.5 Å². The molecule has 2 aromatic heterocycles. The molecule has 66 valence electrons. The summed E-state index contributed by atoms with van der Waals surface area (Å²) in [5, 5.41) is 0.708. The van der Waals surface area contributed by atoms with E-state index in [9.17, 15) is 4.79 Å². The maximum Gasteiger partial charge on any atom is 0.202 e. The molecule has 0 saturated carbocycles. The van der Waals surface area contributed by atoms with E-state index in [4.69, 9.17) is 0 Å². The lowest BCUT2D eigenvalue weighted by atomic mass is 10.2. The van der Waals surface area contributed by atoms with Crippen molar-refractivity contribution in [2.45, 2.75) is 6.92 Å². The number of rotatable bonds is 0. The number of pyridine rings is 2. The number of aromatic amines is 1. The Hall–Kier alpha value is -0.910. The van der Waals surface area contributed by atoms with Gasteiger partial charge < -0.3 is 4.98 Å². The average molecular weight is 286 g/mol. The largest absolute Gasteiger partial charge is 0.358 e. The van der Waals surface area contributed by atoms with Gasteiger partial charge >= 0.3 is 0 Å². The number of H-pyrrole nitrogens is 1. The molecule has 0 atom stereocenters. The first-order chi connectivity index (χ1) is 6.20. The van der Waals surface area contributed by atoms with Crippen molar-refractivity contribution in [3.05, 3.63) is 37.9 Å². The second-order valence-corrected chi connectivity index (χ2v) is 3.95. The molecule has 3 nitrogen and oxygen atoms in total. The van der Waals surface area contributed by atoms with Gasteiger partial charge in [-0.25, -0.2) is 0 Å². The molecule has 2 aromatic rings. The molecule has 0 spiro atoms. The number of aromatic nitrogens is 2. The third-order valence-electron chi connectivity index (χ3n) is 1.95. The molecular formula is C9H7IN2O. The maximum atomic E-state index is 11.6. The Morgan fingerprint density at radius 2 is 2.31 bits per heavy atom. The fourth-order valence-electron chi connectivity index (χ4n) is 1.27. The molecule has 0 unspecified atom stereocenters. The van der Waals surface area contributed by atoms with E-state index in [0.717, 1.165) is 11.2 Å². The molecule has 0 aliphatic rings. The third kappa shape index (κ3) is 1.35. The number of hydrogen-bond acceptors (Lipinski definition) is 2. The van der Waals surface area contributed by atoms with Crippen molar-refractivity contribution in [3.63, 3.8) is 0 Å². The molecule has 0 saturated heterocycles. The van der Waals surface area contributed by atoms with Crippen LogP contribution < -0.4 is 5.43 Å². The van der Waals surface area contributed by atoms with E-state index in [1.807, 2.05) is 29.5 Å². The van der Waals surface area contributed by atoms with Crippen LogP contribution in [0.1, 0.15) is 5.69 Å². The summed E-state index contributed by atoms with van der Waals surface area (Å²) in [7, 11) is 0. The van der Waals surface area contributed by atoms with Crippen LogP contribution >= 0.6 is 22.6 Å². The quantitative estimate of drug-likeness (QED) is 0.751. The third-order valence-corrected chi connectivity index (χ3v) is 2.75. The molecule has 0 fully saturated rings. The van der Waals surface area contributed by atoms with Gasteiger partial charge in [0.25, 0.3) is 0 Å². The number of hydrogen-bond donors (Lipinski definition) is 1. The Morgan fingerprint density at radius 3 is 3.08 bits per heavy atom. The first-order valence-corrected chi connectivity index (χ1v) is 4.90. The summed E-state index contributed by atoms with van der Waals surface area (Å²) < 4.78 is 0.704. The molecule has 0 bridgehead atoms. The van der Waals surface area contributed by atoms with Crippen LogP contribution in [0.3, 0.4) is 0 Å². The number of nitrogens with one attached hydrogen (secondary N) is 1. The van der Waals surface area contributed by atoms with Crippen molar-refractivity contribution in [1.29, 1.82) is 0 Å². The topological polar surface area (TPSA) is 45.8 Å². The zero-order valence-electron chi connectivity index (χ0n) is 6.97. The van der Waals surface area contributed by atoms with Crippen LogP contribution in [-0.4, -0.2) is 9.97 Å². The lowest BCUT2D eigenvalue weighted by Crippen LogP contribution is -2.07. The van der Waals surface area contributed by atoms with E-state index in [1.54, 1.807) is 18.5 Å². The summed E-state index contributed by atoms with van der Waals surface area (Å²) in [6.45, 7) is 1.88. The Labute approximate surface area is 88.3 Å². The van der Waals surface area contributed by atoms with Gasteiger partial charge in [0.1, 0.15) is 0 Å². The maximum absolute atomic E-state index is 11.6. The summed E-state index contributed by atoms with van der Waals surface area (Å²) in [6.07, 6.45) is 3.36. The van der Waals surface area contributed by atoms with Gasteiger partial charge in [-0.2, -0.15) is 0 Å². The number of nitrogens with zero attached hydrogens (tertiary/aromatic N) is 1. The van der Waals surface area contributed by atoms with Crippen molar-refractivity contribution in [2.75, 3.05) is 0 Å². The Morgan fingerprint density at radius 1 is 1.54 bits per heavy atom. The molecule has 0 amide bonds. The van der Waals surface area contributed by atoms with Gasteiger partial charge in [-0.15, -0.1) is 0 Å². The van der Waals surface area contributed by atoms with Crippen LogP contribution in [0.5, 0.6) is 0 Å². The van der Waals surface area contributed by atoms with E-state index in [1.165, 1.54) is 0 Å². The van der Waals surface area contributed by atoms with Crippen molar-refractivity contribution < 1.29 is 0 Å².